The van der Waals surface area contributed by atoms with Crippen molar-refractivity contribution in [3.8, 4) is 11.5 Å². The minimum absolute atomic E-state index is 0.223. The summed E-state index contributed by atoms with van der Waals surface area (Å²) in [5, 5.41) is 9.45. The first-order valence-corrected chi connectivity index (χ1v) is 6.71. The van der Waals surface area contributed by atoms with Gasteiger partial charge in [-0.3, -0.25) is 0 Å². The Hall–Kier alpha value is -1.22. The minimum Gasteiger partial charge on any atom is -0.497 e. The van der Waals surface area contributed by atoms with Crippen LogP contribution in [0.3, 0.4) is 0 Å². The zero-order valence-electron chi connectivity index (χ0n) is 11.0. The molecule has 1 aromatic rings. The van der Waals surface area contributed by atoms with Crippen LogP contribution in [-0.4, -0.2) is 25.4 Å². The lowest BCUT2D eigenvalue weighted by Crippen LogP contribution is -2.23. The molecule has 0 saturated heterocycles. The van der Waals surface area contributed by atoms with Gasteiger partial charge in [0.05, 0.1) is 13.7 Å². The van der Waals surface area contributed by atoms with Crippen LogP contribution < -0.4 is 9.47 Å². The highest BCUT2D eigenvalue weighted by Crippen LogP contribution is 2.31. The Morgan fingerprint density at radius 1 is 1.17 bits per heavy atom. The number of aliphatic hydroxyl groups is 1. The van der Waals surface area contributed by atoms with Crippen molar-refractivity contribution in [2.45, 2.75) is 25.7 Å². The second-order valence-electron chi connectivity index (χ2n) is 4.97. The maximum Gasteiger partial charge on any atom is 0.119 e. The normalized spacial score (nSPS) is 17.7. The Morgan fingerprint density at radius 2 is 1.78 bits per heavy atom. The molecular formula is C15H22O3. The zero-order chi connectivity index (χ0) is 12.8. The van der Waals surface area contributed by atoms with Crippen molar-refractivity contribution >= 4 is 0 Å². The van der Waals surface area contributed by atoms with Crippen molar-refractivity contribution in [1.82, 2.24) is 0 Å². The van der Waals surface area contributed by atoms with Gasteiger partial charge in [-0.15, -0.1) is 0 Å². The van der Waals surface area contributed by atoms with E-state index in [0.717, 1.165) is 11.5 Å². The van der Waals surface area contributed by atoms with E-state index < -0.39 is 0 Å². The molecule has 0 radical (unpaired) electrons. The van der Waals surface area contributed by atoms with E-state index in [1.54, 1.807) is 7.11 Å². The third-order valence-electron chi connectivity index (χ3n) is 3.82. The average Bonchev–Trinajstić information content (AvgIpc) is 2.94. The number of aliphatic hydroxyl groups excluding tert-OH is 1. The van der Waals surface area contributed by atoms with Gasteiger partial charge < -0.3 is 14.6 Å². The lowest BCUT2D eigenvalue weighted by Gasteiger charge is -2.21. The van der Waals surface area contributed by atoms with Crippen LogP contribution in [0, 0.1) is 11.8 Å². The molecule has 1 atom stereocenters. The number of rotatable bonds is 6. The SMILES string of the molecule is COc1ccc(OCC(CO)C2CCCC2)cc1. The second kappa shape index (κ2) is 6.64. The molecule has 1 aliphatic rings. The van der Waals surface area contributed by atoms with Gasteiger partial charge in [0.15, 0.2) is 0 Å². The molecule has 0 heterocycles. The number of methoxy groups -OCH3 is 1. The highest BCUT2D eigenvalue weighted by atomic mass is 16.5. The average molecular weight is 250 g/mol. The van der Waals surface area contributed by atoms with Crippen molar-refractivity contribution in [2.75, 3.05) is 20.3 Å². The van der Waals surface area contributed by atoms with E-state index in [-0.39, 0.29) is 12.5 Å². The first kappa shape index (κ1) is 13.2. The Bertz CT molecular complexity index is 341. The summed E-state index contributed by atoms with van der Waals surface area (Å²) in [5.41, 5.74) is 0. The van der Waals surface area contributed by atoms with Gasteiger partial charge in [0.2, 0.25) is 0 Å². The third kappa shape index (κ3) is 3.39. The summed E-state index contributed by atoms with van der Waals surface area (Å²) < 4.78 is 10.9. The van der Waals surface area contributed by atoms with Crippen LogP contribution in [-0.2, 0) is 0 Å². The summed E-state index contributed by atoms with van der Waals surface area (Å²) in [5.74, 6) is 2.58. The highest BCUT2D eigenvalue weighted by molar-refractivity contribution is 5.31. The van der Waals surface area contributed by atoms with E-state index in [0.29, 0.717) is 12.5 Å². The molecule has 1 aromatic carbocycles. The van der Waals surface area contributed by atoms with E-state index in [1.165, 1.54) is 25.7 Å². The molecule has 1 saturated carbocycles. The summed E-state index contributed by atoms with van der Waals surface area (Å²) in [4.78, 5) is 0. The van der Waals surface area contributed by atoms with Gasteiger partial charge in [-0.1, -0.05) is 12.8 Å². The first-order chi connectivity index (χ1) is 8.83. The molecular weight excluding hydrogens is 228 g/mol. The molecule has 0 aromatic heterocycles. The van der Waals surface area contributed by atoms with Crippen LogP contribution in [0.4, 0.5) is 0 Å². The monoisotopic (exact) mass is 250 g/mol. The van der Waals surface area contributed by atoms with E-state index in [9.17, 15) is 5.11 Å². The van der Waals surface area contributed by atoms with Gasteiger partial charge in [-0.05, 0) is 43.0 Å². The van der Waals surface area contributed by atoms with Crippen molar-refractivity contribution in [1.29, 1.82) is 0 Å². The van der Waals surface area contributed by atoms with Crippen LogP contribution in [0.15, 0.2) is 24.3 Å². The Balaban J connectivity index is 1.84. The minimum atomic E-state index is 0.223. The molecule has 1 aliphatic carbocycles. The van der Waals surface area contributed by atoms with E-state index in [4.69, 9.17) is 9.47 Å². The largest absolute Gasteiger partial charge is 0.497 e. The van der Waals surface area contributed by atoms with Crippen molar-refractivity contribution < 1.29 is 14.6 Å². The molecule has 0 aliphatic heterocycles. The molecule has 0 spiro atoms. The van der Waals surface area contributed by atoms with Crippen LogP contribution in [0.25, 0.3) is 0 Å². The molecule has 3 nitrogen and oxygen atoms in total. The summed E-state index contributed by atoms with van der Waals surface area (Å²) in [6.07, 6.45) is 5.06. The standard InChI is InChI=1S/C15H22O3/c1-17-14-6-8-15(9-7-14)18-11-13(10-16)12-4-2-3-5-12/h6-9,12-13,16H,2-5,10-11H2,1H3. The third-order valence-corrected chi connectivity index (χ3v) is 3.82. The Kier molecular flexibility index (Phi) is 4.88. The number of hydrogen-bond acceptors (Lipinski definition) is 3. The van der Waals surface area contributed by atoms with Gasteiger partial charge in [-0.2, -0.15) is 0 Å². The summed E-state index contributed by atoms with van der Waals surface area (Å²) in [6, 6.07) is 7.58. The van der Waals surface area contributed by atoms with Crippen molar-refractivity contribution in [3.63, 3.8) is 0 Å². The highest BCUT2D eigenvalue weighted by Gasteiger charge is 2.24. The Morgan fingerprint density at radius 3 is 2.33 bits per heavy atom. The van der Waals surface area contributed by atoms with E-state index >= 15 is 0 Å². The van der Waals surface area contributed by atoms with E-state index in [1.807, 2.05) is 24.3 Å². The van der Waals surface area contributed by atoms with E-state index in [2.05, 4.69) is 0 Å². The maximum atomic E-state index is 9.45. The molecule has 0 bridgehead atoms. The lowest BCUT2D eigenvalue weighted by molar-refractivity contribution is 0.119. The molecule has 1 unspecified atom stereocenters. The van der Waals surface area contributed by atoms with Crippen LogP contribution in [0.5, 0.6) is 11.5 Å². The van der Waals surface area contributed by atoms with Crippen molar-refractivity contribution in [3.05, 3.63) is 24.3 Å². The maximum absolute atomic E-state index is 9.45. The first-order valence-electron chi connectivity index (χ1n) is 6.71. The van der Waals surface area contributed by atoms with Crippen LogP contribution >= 0.6 is 0 Å². The topological polar surface area (TPSA) is 38.7 Å². The van der Waals surface area contributed by atoms with Crippen LogP contribution in [0.2, 0.25) is 0 Å². The molecule has 1 fully saturated rings. The van der Waals surface area contributed by atoms with Gasteiger partial charge in [0, 0.05) is 12.5 Å². The van der Waals surface area contributed by atoms with Crippen LogP contribution in [0.1, 0.15) is 25.7 Å². The molecule has 100 valence electrons. The van der Waals surface area contributed by atoms with Gasteiger partial charge in [-0.25, -0.2) is 0 Å². The predicted octanol–water partition coefficient (Wildman–Crippen LogP) is 2.87. The number of benzene rings is 1. The quantitative estimate of drug-likeness (QED) is 0.843. The molecule has 3 heteroatoms. The molecule has 0 amide bonds. The number of hydrogen-bond donors (Lipinski definition) is 1. The second-order valence-corrected chi connectivity index (χ2v) is 4.97. The fraction of sp³-hybridized carbons (Fsp3) is 0.600. The summed E-state index contributed by atoms with van der Waals surface area (Å²) >= 11 is 0. The summed E-state index contributed by atoms with van der Waals surface area (Å²) in [6.45, 7) is 0.828. The molecule has 18 heavy (non-hydrogen) atoms. The molecule has 2 rings (SSSR count). The Labute approximate surface area is 109 Å². The fourth-order valence-electron chi connectivity index (χ4n) is 2.64. The predicted molar refractivity (Wildman–Crippen MR) is 71.0 cm³/mol. The number of ether oxygens (including phenoxy) is 2. The van der Waals surface area contributed by atoms with Crippen molar-refractivity contribution in [2.24, 2.45) is 11.8 Å². The summed E-state index contributed by atoms with van der Waals surface area (Å²) in [7, 11) is 1.65. The zero-order valence-corrected chi connectivity index (χ0v) is 11.0. The fourth-order valence-corrected chi connectivity index (χ4v) is 2.64. The van der Waals surface area contributed by atoms with Gasteiger partial charge >= 0.3 is 0 Å². The molecule has 1 N–H and O–H groups in total. The lowest BCUT2D eigenvalue weighted by atomic mass is 9.92. The smallest absolute Gasteiger partial charge is 0.119 e. The van der Waals surface area contributed by atoms with Gasteiger partial charge in [0.25, 0.3) is 0 Å². The van der Waals surface area contributed by atoms with Gasteiger partial charge in [0.1, 0.15) is 11.5 Å².